The Balaban J connectivity index is 5.96. The predicted molar refractivity (Wildman–Crippen MR) is 130 cm³/mol. The molecule has 0 aliphatic heterocycles. The zero-order chi connectivity index (χ0) is 24.0. The van der Waals surface area contributed by atoms with Gasteiger partial charge in [0.2, 0.25) is 0 Å². The lowest BCUT2D eigenvalue weighted by Gasteiger charge is -2.45. The van der Waals surface area contributed by atoms with E-state index >= 15 is 0 Å². The summed E-state index contributed by atoms with van der Waals surface area (Å²) in [4.78, 5) is 24.2. The highest BCUT2D eigenvalue weighted by Crippen LogP contribution is 2.31. The molecule has 0 bridgehead atoms. The highest BCUT2D eigenvalue weighted by Gasteiger charge is 2.57. The van der Waals surface area contributed by atoms with Crippen LogP contribution in [0.5, 0.6) is 0 Å². The SMILES string of the molecule is CCC(OC(=O)/C=C/C(=O)OC(C)C)[Si](O[Si](C)(C)C)(O[Si](C)(C)C)O[Si](C)(C)C. The minimum Gasteiger partial charge on any atom is -0.460 e. The maximum Gasteiger partial charge on any atom is 0.512 e. The molecule has 1 unspecified atom stereocenters. The first-order valence-electron chi connectivity index (χ1n) is 10.5. The lowest BCUT2D eigenvalue weighted by molar-refractivity contribution is -0.144. The van der Waals surface area contributed by atoms with E-state index in [0.717, 1.165) is 12.2 Å². The summed E-state index contributed by atoms with van der Waals surface area (Å²) >= 11 is 0. The Bertz CT molecular complexity index is 561. The van der Waals surface area contributed by atoms with Gasteiger partial charge in [-0.2, -0.15) is 0 Å². The van der Waals surface area contributed by atoms with Crippen molar-refractivity contribution in [2.45, 2.75) is 97.9 Å². The second kappa shape index (κ2) is 11.3. The highest BCUT2D eigenvalue weighted by atomic mass is 28.5. The van der Waals surface area contributed by atoms with Crippen LogP contribution in [0.25, 0.3) is 0 Å². The van der Waals surface area contributed by atoms with Gasteiger partial charge in [-0.15, -0.1) is 0 Å². The van der Waals surface area contributed by atoms with Gasteiger partial charge in [0.05, 0.1) is 6.10 Å². The first kappa shape index (κ1) is 29.4. The second-order valence-corrected chi connectivity index (χ2v) is 27.4. The van der Waals surface area contributed by atoms with Crippen LogP contribution in [-0.4, -0.2) is 57.5 Å². The third-order valence-corrected chi connectivity index (χ3v) is 15.2. The lowest BCUT2D eigenvalue weighted by atomic mass is 10.4. The van der Waals surface area contributed by atoms with Crippen LogP contribution < -0.4 is 0 Å². The molecule has 0 spiro atoms. The Morgan fingerprint density at radius 1 is 0.700 bits per heavy atom. The largest absolute Gasteiger partial charge is 0.512 e. The van der Waals surface area contributed by atoms with Crippen LogP contribution in [0, 0.1) is 0 Å². The molecule has 0 aromatic rings. The van der Waals surface area contributed by atoms with Crippen molar-refractivity contribution in [3.63, 3.8) is 0 Å². The summed E-state index contributed by atoms with van der Waals surface area (Å²) in [5, 5.41) is 0. The maximum atomic E-state index is 12.5. The molecule has 0 N–H and O–H groups in total. The fourth-order valence-corrected chi connectivity index (χ4v) is 16.7. The topological polar surface area (TPSA) is 80.3 Å². The number of esters is 2. The molecule has 176 valence electrons. The number of ether oxygens (including phenoxy) is 2. The summed E-state index contributed by atoms with van der Waals surface area (Å²) in [6.45, 7) is 24.1. The number of rotatable bonds is 12. The molecule has 1 atom stereocenters. The van der Waals surface area contributed by atoms with Crippen LogP contribution in [0.1, 0.15) is 27.2 Å². The number of hydrogen-bond acceptors (Lipinski definition) is 7. The summed E-state index contributed by atoms with van der Waals surface area (Å²) in [5.41, 5.74) is -0.652. The van der Waals surface area contributed by atoms with Crippen molar-refractivity contribution in [1.82, 2.24) is 0 Å². The zero-order valence-electron chi connectivity index (χ0n) is 20.9. The third kappa shape index (κ3) is 13.0. The highest BCUT2D eigenvalue weighted by molar-refractivity contribution is 6.90. The molecule has 0 aromatic carbocycles. The molecule has 0 aliphatic rings. The van der Waals surface area contributed by atoms with E-state index in [4.69, 9.17) is 21.8 Å². The fraction of sp³-hybridized carbons (Fsp3) is 0.789. The molecule has 0 amide bonds. The summed E-state index contributed by atoms with van der Waals surface area (Å²) in [7, 11) is -9.70. The van der Waals surface area contributed by atoms with Gasteiger partial charge in [-0.05, 0) is 79.2 Å². The summed E-state index contributed by atoms with van der Waals surface area (Å²) in [6.07, 6.45) is 2.39. The summed E-state index contributed by atoms with van der Waals surface area (Å²) < 4.78 is 30.7. The number of carbonyl (C=O) groups excluding carboxylic acids is 2. The van der Waals surface area contributed by atoms with Gasteiger partial charge in [-0.3, -0.25) is 0 Å². The molecular weight excluding hydrogens is 453 g/mol. The third-order valence-electron chi connectivity index (χ3n) is 3.08. The first-order valence-corrected chi connectivity index (χ1v) is 22.5. The monoisotopic (exact) mass is 494 g/mol. The molecule has 0 heterocycles. The van der Waals surface area contributed by atoms with Gasteiger partial charge in [-0.25, -0.2) is 9.59 Å². The van der Waals surface area contributed by atoms with E-state index in [-0.39, 0.29) is 6.10 Å². The van der Waals surface area contributed by atoms with Crippen molar-refractivity contribution in [3.8, 4) is 0 Å². The smallest absolute Gasteiger partial charge is 0.460 e. The van der Waals surface area contributed by atoms with Crippen LogP contribution >= 0.6 is 0 Å². The predicted octanol–water partition coefficient (Wildman–Crippen LogP) is 4.85. The van der Waals surface area contributed by atoms with Gasteiger partial charge in [0.1, 0.15) is 0 Å². The molecule has 7 nitrogen and oxygen atoms in total. The van der Waals surface area contributed by atoms with E-state index in [1.54, 1.807) is 13.8 Å². The van der Waals surface area contributed by atoms with E-state index in [1.807, 2.05) is 6.92 Å². The van der Waals surface area contributed by atoms with Gasteiger partial charge >= 0.3 is 20.7 Å². The average molecular weight is 495 g/mol. The normalized spacial score (nSPS) is 14.8. The van der Waals surface area contributed by atoms with Crippen LogP contribution in [0.3, 0.4) is 0 Å². The Morgan fingerprint density at radius 2 is 1.03 bits per heavy atom. The Morgan fingerprint density at radius 3 is 1.30 bits per heavy atom. The van der Waals surface area contributed by atoms with Gasteiger partial charge in [0.15, 0.2) is 30.7 Å². The van der Waals surface area contributed by atoms with E-state index in [9.17, 15) is 9.59 Å². The maximum absolute atomic E-state index is 12.5. The second-order valence-electron chi connectivity index (χ2n) is 10.4. The minimum atomic E-state index is -3.38. The van der Waals surface area contributed by atoms with Crippen molar-refractivity contribution < 1.29 is 31.4 Å². The molecule has 0 radical (unpaired) electrons. The van der Waals surface area contributed by atoms with E-state index in [0.29, 0.717) is 6.42 Å². The number of hydrogen-bond donors (Lipinski definition) is 0. The van der Waals surface area contributed by atoms with E-state index in [2.05, 4.69) is 58.9 Å². The van der Waals surface area contributed by atoms with Crippen molar-refractivity contribution in [2.75, 3.05) is 0 Å². The summed E-state index contributed by atoms with van der Waals surface area (Å²) in [6, 6.07) is 0. The van der Waals surface area contributed by atoms with Gasteiger partial charge in [0.25, 0.3) is 0 Å². The molecule has 0 aliphatic carbocycles. The van der Waals surface area contributed by atoms with Gasteiger partial charge in [0, 0.05) is 12.2 Å². The molecule has 11 heteroatoms. The van der Waals surface area contributed by atoms with Crippen LogP contribution in [0.15, 0.2) is 12.2 Å². The molecule has 30 heavy (non-hydrogen) atoms. The van der Waals surface area contributed by atoms with Crippen molar-refractivity contribution in [2.24, 2.45) is 0 Å². The first-order chi connectivity index (χ1) is 13.3. The Labute approximate surface area is 187 Å². The quantitative estimate of drug-likeness (QED) is 0.218. The molecule has 0 fully saturated rings. The van der Waals surface area contributed by atoms with Crippen molar-refractivity contribution in [3.05, 3.63) is 12.2 Å². The molecule has 0 rings (SSSR count). The Kier molecular flexibility index (Phi) is 11.1. The molecule has 0 aromatic heterocycles. The van der Waals surface area contributed by atoms with Gasteiger partial charge in [-0.1, -0.05) is 6.92 Å². The van der Waals surface area contributed by atoms with Crippen molar-refractivity contribution >= 4 is 45.7 Å². The van der Waals surface area contributed by atoms with Gasteiger partial charge < -0.3 is 21.8 Å². The zero-order valence-corrected chi connectivity index (χ0v) is 24.9. The fourth-order valence-electron chi connectivity index (χ4n) is 2.53. The Hall–Kier alpha value is -0.572. The molecule has 0 saturated carbocycles. The van der Waals surface area contributed by atoms with Crippen LogP contribution in [0.4, 0.5) is 0 Å². The van der Waals surface area contributed by atoms with Crippen LogP contribution in [-0.2, 0) is 31.4 Å². The standard InChI is InChI=1S/C19H42O7Si4/c1-13-19(23-18(21)15-14-17(20)22-16(2)3)30(24-27(4,5)6,25-28(7,8)9)26-29(10,11)12/h14-16,19H,13H2,1-12H3/b15-14+. The molecular formula is C19H42O7Si4. The number of carbonyl (C=O) groups is 2. The molecule has 0 saturated heterocycles. The minimum absolute atomic E-state index is 0.262. The van der Waals surface area contributed by atoms with Crippen LogP contribution in [0.2, 0.25) is 58.9 Å². The summed E-state index contributed by atoms with van der Waals surface area (Å²) in [5.74, 6) is -1.23. The average Bonchev–Trinajstić information content (AvgIpc) is 2.44. The van der Waals surface area contributed by atoms with E-state index < -0.39 is 51.4 Å². The van der Waals surface area contributed by atoms with Crippen molar-refractivity contribution in [1.29, 1.82) is 0 Å². The lowest BCUT2D eigenvalue weighted by Crippen LogP contribution is -2.67. The van der Waals surface area contributed by atoms with E-state index in [1.165, 1.54) is 0 Å².